The van der Waals surface area contributed by atoms with Crippen LogP contribution in [0.4, 0.5) is 5.69 Å². The summed E-state index contributed by atoms with van der Waals surface area (Å²) in [7, 11) is 1.56. The summed E-state index contributed by atoms with van der Waals surface area (Å²) in [4.78, 5) is 21.9. The minimum Gasteiger partial charge on any atom is -0.364 e. The summed E-state index contributed by atoms with van der Waals surface area (Å²) in [5.74, 6) is -0.690. The lowest BCUT2D eigenvalue weighted by Crippen LogP contribution is -2.16. The Morgan fingerprint density at radius 3 is 2.44 bits per heavy atom. The van der Waals surface area contributed by atoms with Gasteiger partial charge in [-0.2, -0.15) is 0 Å². The number of primary amides is 1. The van der Waals surface area contributed by atoms with E-state index in [2.05, 4.69) is 0 Å². The Bertz CT molecular complexity index is 617. The van der Waals surface area contributed by atoms with Crippen molar-refractivity contribution in [1.82, 2.24) is 4.57 Å². The molecule has 1 aromatic carbocycles. The highest BCUT2D eigenvalue weighted by Gasteiger charge is 2.26. The molecule has 18 heavy (non-hydrogen) atoms. The maximum absolute atomic E-state index is 11.4. The number of aryl methyl sites for hydroxylation is 1. The number of amides is 1. The monoisotopic (exact) mass is 245 g/mol. The molecule has 1 aromatic heterocycles. The van der Waals surface area contributed by atoms with Crippen molar-refractivity contribution in [3.8, 4) is 11.1 Å². The molecule has 92 valence electrons. The first-order valence-electron chi connectivity index (χ1n) is 5.21. The average molecular weight is 245 g/mol. The maximum Gasteiger partial charge on any atom is 0.295 e. The van der Waals surface area contributed by atoms with Crippen molar-refractivity contribution >= 4 is 11.6 Å². The van der Waals surface area contributed by atoms with E-state index in [0.29, 0.717) is 5.56 Å². The van der Waals surface area contributed by atoms with Gasteiger partial charge in [0.05, 0.1) is 16.7 Å². The van der Waals surface area contributed by atoms with E-state index >= 15 is 0 Å². The number of hydrogen-bond donors (Lipinski definition) is 1. The molecule has 6 heteroatoms. The summed E-state index contributed by atoms with van der Waals surface area (Å²) in [6.07, 6.45) is 1.29. The van der Waals surface area contributed by atoms with Crippen LogP contribution in [0.1, 0.15) is 10.5 Å². The molecule has 0 aliphatic rings. The lowest BCUT2D eigenvalue weighted by Gasteiger charge is -2.02. The normalized spacial score (nSPS) is 10.3. The molecule has 0 aliphatic carbocycles. The lowest BCUT2D eigenvalue weighted by atomic mass is 10.0. The Labute approximate surface area is 103 Å². The molecule has 0 bridgehead atoms. The fourth-order valence-electron chi connectivity index (χ4n) is 1.94. The van der Waals surface area contributed by atoms with Crippen LogP contribution in [0.25, 0.3) is 11.1 Å². The fraction of sp³-hybridized carbons (Fsp3) is 0.0833. The van der Waals surface area contributed by atoms with E-state index in [0.717, 1.165) is 0 Å². The molecule has 2 N–H and O–H groups in total. The predicted octanol–water partition coefficient (Wildman–Crippen LogP) is 1.70. The van der Waals surface area contributed by atoms with Gasteiger partial charge in [-0.25, -0.2) is 0 Å². The third-order valence-electron chi connectivity index (χ3n) is 2.65. The minimum atomic E-state index is -0.690. The van der Waals surface area contributed by atoms with Crippen LogP contribution in [-0.2, 0) is 7.05 Å². The van der Waals surface area contributed by atoms with E-state index in [1.165, 1.54) is 10.8 Å². The first-order chi connectivity index (χ1) is 8.52. The van der Waals surface area contributed by atoms with Crippen LogP contribution in [0.2, 0.25) is 0 Å². The molecule has 0 radical (unpaired) electrons. The van der Waals surface area contributed by atoms with Gasteiger partial charge in [-0.15, -0.1) is 0 Å². The van der Waals surface area contributed by atoms with E-state index in [-0.39, 0.29) is 16.9 Å². The van der Waals surface area contributed by atoms with Crippen molar-refractivity contribution < 1.29 is 9.72 Å². The van der Waals surface area contributed by atoms with Gasteiger partial charge >= 0.3 is 0 Å². The SMILES string of the molecule is Cn1cc([N+](=O)[O-])c(-c2ccccc2)c1C(N)=O. The Balaban J connectivity index is 2.78. The van der Waals surface area contributed by atoms with Gasteiger partial charge in [0.15, 0.2) is 0 Å². The molecule has 0 aliphatic heterocycles. The van der Waals surface area contributed by atoms with Gasteiger partial charge in [0.2, 0.25) is 0 Å². The van der Waals surface area contributed by atoms with Crippen molar-refractivity contribution in [2.75, 3.05) is 0 Å². The third kappa shape index (κ3) is 1.84. The summed E-state index contributed by atoms with van der Waals surface area (Å²) in [5, 5.41) is 11.0. The summed E-state index contributed by atoms with van der Waals surface area (Å²) in [6, 6.07) is 8.69. The molecular formula is C12H11N3O3. The molecular weight excluding hydrogens is 234 g/mol. The van der Waals surface area contributed by atoms with E-state index in [4.69, 9.17) is 5.73 Å². The highest BCUT2D eigenvalue weighted by Crippen LogP contribution is 2.34. The van der Waals surface area contributed by atoms with Crippen molar-refractivity contribution in [2.45, 2.75) is 0 Å². The second-order valence-corrected chi connectivity index (χ2v) is 3.84. The number of rotatable bonds is 3. The van der Waals surface area contributed by atoms with Crippen molar-refractivity contribution in [3.63, 3.8) is 0 Å². The molecule has 0 spiro atoms. The Kier molecular flexibility index (Phi) is 2.85. The van der Waals surface area contributed by atoms with E-state index < -0.39 is 10.8 Å². The summed E-state index contributed by atoms with van der Waals surface area (Å²) in [6.45, 7) is 0. The van der Waals surface area contributed by atoms with Crippen molar-refractivity contribution in [2.24, 2.45) is 12.8 Å². The van der Waals surface area contributed by atoms with Crippen molar-refractivity contribution in [1.29, 1.82) is 0 Å². The average Bonchev–Trinajstić information content (AvgIpc) is 2.68. The number of aromatic nitrogens is 1. The zero-order valence-electron chi connectivity index (χ0n) is 9.66. The zero-order valence-corrected chi connectivity index (χ0v) is 9.66. The van der Waals surface area contributed by atoms with Crippen LogP contribution < -0.4 is 5.73 Å². The first-order valence-corrected chi connectivity index (χ1v) is 5.21. The van der Waals surface area contributed by atoms with Crippen LogP contribution in [0, 0.1) is 10.1 Å². The fourth-order valence-corrected chi connectivity index (χ4v) is 1.94. The van der Waals surface area contributed by atoms with Gasteiger partial charge in [0.25, 0.3) is 11.6 Å². The Morgan fingerprint density at radius 2 is 1.94 bits per heavy atom. The van der Waals surface area contributed by atoms with Gasteiger partial charge in [0, 0.05) is 7.05 Å². The second-order valence-electron chi connectivity index (χ2n) is 3.84. The quantitative estimate of drug-likeness (QED) is 0.659. The van der Waals surface area contributed by atoms with Crippen LogP contribution in [-0.4, -0.2) is 15.4 Å². The van der Waals surface area contributed by atoms with Gasteiger partial charge in [0.1, 0.15) is 5.69 Å². The number of hydrogen-bond acceptors (Lipinski definition) is 3. The smallest absolute Gasteiger partial charge is 0.295 e. The highest BCUT2D eigenvalue weighted by atomic mass is 16.6. The molecule has 0 fully saturated rings. The molecule has 0 saturated heterocycles. The number of nitro groups is 1. The van der Waals surface area contributed by atoms with Gasteiger partial charge in [-0.05, 0) is 5.56 Å². The minimum absolute atomic E-state index is 0.127. The first kappa shape index (κ1) is 11.8. The van der Waals surface area contributed by atoms with Gasteiger partial charge in [-0.3, -0.25) is 14.9 Å². The highest BCUT2D eigenvalue weighted by molar-refractivity contribution is 6.01. The van der Waals surface area contributed by atoms with E-state index in [1.54, 1.807) is 37.4 Å². The largest absolute Gasteiger partial charge is 0.364 e. The number of nitrogens with zero attached hydrogens (tertiary/aromatic N) is 2. The number of carbonyl (C=O) groups is 1. The summed E-state index contributed by atoms with van der Waals surface area (Å²) >= 11 is 0. The standard InChI is InChI=1S/C12H11N3O3/c1-14-7-9(15(17)18)10(11(14)12(13)16)8-5-3-2-4-6-8/h2-7H,1H3,(H2,13,16). The third-order valence-corrected chi connectivity index (χ3v) is 2.65. The Hall–Kier alpha value is -2.63. The van der Waals surface area contributed by atoms with Gasteiger partial charge in [-0.1, -0.05) is 30.3 Å². The molecule has 0 atom stereocenters. The summed E-state index contributed by atoms with van der Waals surface area (Å²) < 4.78 is 1.38. The number of benzene rings is 1. The number of nitrogens with two attached hydrogens (primary N) is 1. The van der Waals surface area contributed by atoms with Crippen LogP contribution in [0.5, 0.6) is 0 Å². The molecule has 6 nitrogen and oxygen atoms in total. The number of carbonyl (C=O) groups excluding carboxylic acids is 1. The predicted molar refractivity (Wildman–Crippen MR) is 66.0 cm³/mol. The Morgan fingerprint density at radius 1 is 1.33 bits per heavy atom. The van der Waals surface area contributed by atoms with E-state index in [1.807, 2.05) is 0 Å². The van der Waals surface area contributed by atoms with Gasteiger partial charge < -0.3 is 10.3 Å². The molecule has 1 amide bonds. The van der Waals surface area contributed by atoms with E-state index in [9.17, 15) is 14.9 Å². The molecule has 1 heterocycles. The molecule has 0 unspecified atom stereocenters. The molecule has 0 saturated carbocycles. The summed E-state index contributed by atoms with van der Waals surface area (Å²) in [5.41, 5.74) is 6.14. The van der Waals surface area contributed by atoms with Crippen LogP contribution in [0.3, 0.4) is 0 Å². The second kappa shape index (κ2) is 4.33. The topological polar surface area (TPSA) is 91.2 Å². The lowest BCUT2D eigenvalue weighted by molar-refractivity contribution is -0.384. The van der Waals surface area contributed by atoms with Crippen LogP contribution >= 0.6 is 0 Å². The maximum atomic E-state index is 11.4. The molecule has 2 aromatic rings. The molecule has 2 rings (SSSR count). The van der Waals surface area contributed by atoms with Crippen LogP contribution in [0.15, 0.2) is 36.5 Å². The zero-order chi connectivity index (χ0) is 13.3. The van der Waals surface area contributed by atoms with Crippen molar-refractivity contribution in [3.05, 3.63) is 52.3 Å².